The summed E-state index contributed by atoms with van der Waals surface area (Å²) in [6, 6.07) is 0.0289. The Morgan fingerprint density at radius 1 is 1.47 bits per heavy atom. The molecule has 0 fully saturated rings. The summed E-state index contributed by atoms with van der Waals surface area (Å²) >= 11 is 0. The molecule has 0 aliphatic heterocycles. The molecule has 0 bridgehead atoms. The molecule has 2 atom stereocenters. The first-order valence-corrected chi connectivity index (χ1v) is 5.21. The molecule has 2 unspecified atom stereocenters. The predicted octanol–water partition coefficient (Wildman–Crippen LogP) is -0.160. The van der Waals surface area contributed by atoms with Crippen molar-refractivity contribution >= 4 is 5.91 Å². The number of amides is 1. The number of carbonyl (C=O) groups excluding carboxylic acids is 1. The van der Waals surface area contributed by atoms with Gasteiger partial charge < -0.3 is 11.1 Å². The Hall–Kier alpha value is -1.05. The number of terminal acetylenes is 1. The second-order valence-electron chi connectivity index (χ2n) is 3.91. The summed E-state index contributed by atoms with van der Waals surface area (Å²) in [6.07, 6.45) is 5.59. The van der Waals surface area contributed by atoms with Crippen LogP contribution in [-0.4, -0.2) is 30.6 Å². The minimum atomic E-state index is -0.0644. The van der Waals surface area contributed by atoms with Crippen LogP contribution in [0.5, 0.6) is 0 Å². The van der Waals surface area contributed by atoms with E-state index in [-0.39, 0.29) is 24.0 Å². The summed E-state index contributed by atoms with van der Waals surface area (Å²) in [4.78, 5) is 11.4. The highest BCUT2D eigenvalue weighted by atomic mass is 16.1. The first-order valence-electron chi connectivity index (χ1n) is 5.21. The number of nitrogens with two attached hydrogens (primary N) is 1. The van der Waals surface area contributed by atoms with Gasteiger partial charge in [0.2, 0.25) is 5.91 Å². The van der Waals surface area contributed by atoms with Crippen LogP contribution in [0.15, 0.2) is 0 Å². The molecule has 1 amide bonds. The van der Waals surface area contributed by atoms with Crippen molar-refractivity contribution in [1.29, 1.82) is 0 Å². The summed E-state index contributed by atoms with van der Waals surface area (Å²) < 4.78 is 0. The molecule has 0 heterocycles. The fourth-order valence-electron chi connectivity index (χ4n) is 1.22. The van der Waals surface area contributed by atoms with Crippen molar-refractivity contribution in [2.45, 2.75) is 45.3 Å². The second kappa shape index (κ2) is 7.27. The highest BCUT2D eigenvalue weighted by molar-refractivity contribution is 5.76. The Morgan fingerprint density at radius 3 is 2.47 bits per heavy atom. The molecule has 0 aromatic rings. The van der Waals surface area contributed by atoms with Crippen LogP contribution in [0, 0.1) is 12.3 Å². The van der Waals surface area contributed by atoms with Gasteiger partial charge in [-0.25, -0.2) is 0 Å². The van der Waals surface area contributed by atoms with Crippen molar-refractivity contribution < 1.29 is 4.79 Å². The van der Waals surface area contributed by atoms with E-state index in [2.05, 4.69) is 16.6 Å². The fraction of sp³-hybridized carbons (Fsp3) is 0.727. The molecule has 0 radical (unpaired) electrons. The number of hydrogen-bond donors (Lipinski definition) is 3. The minimum Gasteiger partial charge on any atom is -0.354 e. The topological polar surface area (TPSA) is 67.1 Å². The smallest absolute Gasteiger partial charge is 0.221 e. The van der Waals surface area contributed by atoms with E-state index in [1.807, 2.05) is 20.8 Å². The minimum absolute atomic E-state index is 0.00262. The molecule has 0 rings (SSSR count). The highest BCUT2D eigenvalue weighted by Gasteiger charge is 2.13. The predicted molar refractivity (Wildman–Crippen MR) is 62.2 cm³/mol. The van der Waals surface area contributed by atoms with E-state index in [1.54, 1.807) is 0 Å². The molecule has 0 aliphatic rings. The van der Waals surface area contributed by atoms with Gasteiger partial charge in [0, 0.05) is 25.0 Å². The quantitative estimate of drug-likeness (QED) is 0.535. The van der Waals surface area contributed by atoms with Gasteiger partial charge in [-0.3, -0.25) is 10.1 Å². The Morgan fingerprint density at radius 2 is 2.07 bits per heavy atom. The van der Waals surface area contributed by atoms with Gasteiger partial charge in [0.05, 0.1) is 6.04 Å². The SMILES string of the molecule is C#CC(C)NC(CN)CC(=O)NC(C)C. The third-order valence-electron chi connectivity index (χ3n) is 1.90. The monoisotopic (exact) mass is 211 g/mol. The van der Waals surface area contributed by atoms with Crippen molar-refractivity contribution in [3.05, 3.63) is 0 Å². The summed E-state index contributed by atoms with van der Waals surface area (Å²) in [5.41, 5.74) is 5.54. The lowest BCUT2D eigenvalue weighted by Crippen LogP contribution is -2.45. The summed E-state index contributed by atoms with van der Waals surface area (Å²) in [7, 11) is 0. The van der Waals surface area contributed by atoms with Crippen LogP contribution in [0.3, 0.4) is 0 Å². The number of nitrogens with one attached hydrogen (secondary N) is 2. The molecule has 4 N–H and O–H groups in total. The maximum atomic E-state index is 11.4. The molecule has 0 saturated carbocycles. The third-order valence-corrected chi connectivity index (χ3v) is 1.90. The second-order valence-corrected chi connectivity index (χ2v) is 3.91. The van der Waals surface area contributed by atoms with Crippen LogP contribution in [0.1, 0.15) is 27.2 Å². The average molecular weight is 211 g/mol. The number of hydrogen-bond acceptors (Lipinski definition) is 3. The molecule has 0 spiro atoms. The maximum Gasteiger partial charge on any atom is 0.221 e. The molecule has 0 aliphatic carbocycles. The van der Waals surface area contributed by atoms with Crippen molar-refractivity contribution in [1.82, 2.24) is 10.6 Å². The van der Waals surface area contributed by atoms with Crippen LogP contribution >= 0.6 is 0 Å². The standard InChI is InChI=1S/C11H21N3O/c1-5-9(4)14-10(7-12)6-11(15)13-8(2)3/h1,8-10,14H,6-7,12H2,2-4H3,(H,13,15). The van der Waals surface area contributed by atoms with E-state index < -0.39 is 0 Å². The Bertz CT molecular complexity index is 232. The zero-order chi connectivity index (χ0) is 11.8. The average Bonchev–Trinajstić information content (AvgIpc) is 2.15. The molecule has 0 aromatic carbocycles. The molecule has 4 nitrogen and oxygen atoms in total. The van der Waals surface area contributed by atoms with Crippen LogP contribution < -0.4 is 16.4 Å². The van der Waals surface area contributed by atoms with Crippen molar-refractivity contribution in [3.63, 3.8) is 0 Å². The van der Waals surface area contributed by atoms with E-state index in [9.17, 15) is 4.79 Å². The van der Waals surface area contributed by atoms with Crippen molar-refractivity contribution in [3.8, 4) is 12.3 Å². The Balaban J connectivity index is 3.99. The molecular weight excluding hydrogens is 190 g/mol. The molecule has 0 aromatic heterocycles. The summed E-state index contributed by atoms with van der Waals surface area (Å²) in [6.45, 7) is 6.11. The first kappa shape index (κ1) is 13.9. The van der Waals surface area contributed by atoms with Gasteiger partial charge in [0.1, 0.15) is 0 Å². The van der Waals surface area contributed by atoms with E-state index in [4.69, 9.17) is 12.2 Å². The van der Waals surface area contributed by atoms with Gasteiger partial charge >= 0.3 is 0 Å². The Labute approximate surface area is 92.0 Å². The van der Waals surface area contributed by atoms with Crippen molar-refractivity contribution in [2.24, 2.45) is 5.73 Å². The molecular formula is C11H21N3O. The summed E-state index contributed by atoms with van der Waals surface area (Å²) in [5, 5.41) is 5.91. The third kappa shape index (κ3) is 6.95. The van der Waals surface area contributed by atoms with E-state index >= 15 is 0 Å². The van der Waals surface area contributed by atoms with E-state index in [1.165, 1.54) is 0 Å². The van der Waals surface area contributed by atoms with E-state index in [0.717, 1.165) is 0 Å². The van der Waals surface area contributed by atoms with Crippen LogP contribution in [0.2, 0.25) is 0 Å². The molecule has 0 saturated heterocycles. The van der Waals surface area contributed by atoms with Crippen molar-refractivity contribution in [2.75, 3.05) is 6.54 Å². The van der Waals surface area contributed by atoms with Gasteiger partial charge in [-0.1, -0.05) is 5.92 Å². The maximum absolute atomic E-state index is 11.4. The fourth-order valence-corrected chi connectivity index (χ4v) is 1.22. The molecule has 15 heavy (non-hydrogen) atoms. The zero-order valence-corrected chi connectivity index (χ0v) is 9.71. The van der Waals surface area contributed by atoms with Crippen LogP contribution in [0.25, 0.3) is 0 Å². The Kier molecular flexibility index (Phi) is 6.76. The van der Waals surface area contributed by atoms with Gasteiger partial charge in [-0.05, 0) is 20.8 Å². The van der Waals surface area contributed by atoms with Crippen LogP contribution in [0.4, 0.5) is 0 Å². The summed E-state index contributed by atoms with van der Waals surface area (Å²) in [5.74, 6) is 2.54. The first-order chi connectivity index (χ1) is 6.99. The number of rotatable bonds is 6. The zero-order valence-electron chi connectivity index (χ0n) is 9.71. The largest absolute Gasteiger partial charge is 0.354 e. The lowest BCUT2D eigenvalue weighted by molar-refractivity contribution is -0.122. The lowest BCUT2D eigenvalue weighted by Gasteiger charge is -2.19. The lowest BCUT2D eigenvalue weighted by atomic mass is 10.1. The normalized spacial score (nSPS) is 14.4. The van der Waals surface area contributed by atoms with E-state index in [0.29, 0.717) is 13.0 Å². The van der Waals surface area contributed by atoms with Gasteiger partial charge in [0.25, 0.3) is 0 Å². The van der Waals surface area contributed by atoms with Gasteiger partial charge in [-0.2, -0.15) is 0 Å². The molecule has 86 valence electrons. The van der Waals surface area contributed by atoms with Gasteiger partial charge in [-0.15, -0.1) is 6.42 Å². The van der Waals surface area contributed by atoms with Gasteiger partial charge in [0.15, 0.2) is 0 Å². The number of carbonyl (C=O) groups is 1. The molecule has 4 heteroatoms. The highest BCUT2D eigenvalue weighted by Crippen LogP contribution is 1.93. The van der Waals surface area contributed by atoms with Crippen LogP contribution in [-0.2, 0) is 4.79 Å².